The molecule has 0 aliphatic carbocycles. The highest BCUT2D eigenvalue weighted by Crippen LogP contribution is 1.96. The van der Waals surface area contributed by atoms with E-state index in [-0.39, 0.29) is 12.3 Å². The van der Waals surface area contributed by atoms with Crippen LogP contribution in [0.2, 0.25) is 0 Å². The van der Waals surface area contributed by atoms with Gasteiger partial charge in [0.05, 0.1) is 11.9 Å². The second kappa shape index (κ2) is 5.33. The molecular weight excluding hydrogens is 226 g/mol. The second-order valence-electron chi connectivity index (χ2n) is 2.79. The zero-order chi connectivity index (χ0) is 10.4. The average Bonchev–Trinajstić information content (AvgIpc) is 2.64. The molecule has 0 radical (unpaired) electrons. The molecule has 0 aliphatic rings. The van der Waals surface area contributed by atoms with Crippen molar-refractivity contribution in [3.63, 3.8) is 0 Å². The standard InChI is InChI=1S/C7H12ClN3O2S/c8-2-1-3-14(12,13)11-6-7-4-9-10-5-7/h4-5,11H,1-3,6H2,(H,9,10). The molecule has 5 nitrogen and oxygen atoms in total. The number of aromatic nitrogens is 2. The fraction of sp³-hybridized carbons (Fsp3) is 0.571. The van der Waals surface area contributed by atoms with Gasteiger partial charge in [-0.3, -0.25) is 5.10 Å². The van der Waals surface area contributed by atoms with E-state index in [1.54, 1.807) is 12.4 Å². The van der Waals surface area contributed by atoms with Crippen LogP contribution in [0.1, 0.15) is 12.0 Å². The normalized spacial score (nSPS) is 11.8. The van der Waals surface area contributed by atoms with E-state index in [4.69, 9.17) is 11.6 Å². The Morgan fingerprint density at radius 1 is 1.57 bits per heavy atom. The molecule has 1 heterocycles. The molecule has 0 fully saturated rings. The van der Waals surface area contributed by atoms with E-state index in [1.165, 1.54) is 0 Å². The quantitative estimate of drug-likeness (QED) is 0.706. The van der Waals surface area contributed by atoms with Gasteiger partial charge in [-0.15, -0.1) is 11.6 Å². The van der Waals surface area contributed by atoms with E-state index >= 15 is 0 Å². The predicted molar refractivity (Wildman–Crippen MR) is 54.6 cm³/mol. The van der Waals surface area contributed by atoms with Crippen LogP contribution in [-0.2, 0) is 16.6 Å². The van der Waals surface area contributed by atoms with E-state index in [0.29, 0.717) is 12.3 Å². The lowest BCUT2D eigenvalue weighted by Gasteiger charge is -2.03. The summed E-state index contributed by atoms with van der Waals surface area (Å²) in [7, 11) is -3.20. The van der Waals surface area contributed by atoms with Gasteiger partial charge in [-0.25, -0.2) is 13.1 Å². The lowest BCUT2D eigenvalue weighted by atomic mass is 10.4. The summed E-state index contributed by atoms with van der Waals surface area (Å²) in [5, 5.41) is 6.31. The third-order valence-corrected chi connectivity index (χ3v) is 3.28. The van der Waals surface area contributed by atoms with Crippen molar-refractivity contribution in [2.75, 3.05) is 11.6 Å². The maximum absolute atomic E-state index is 11.3. The van der Waals surface area contributed by atoms with Crippen LogP contribution in [0, 0.1) is 0 Å². The summed E-state index contributed by atoms with van der Waals surface area (Å²) in [6, 6.07) is 0. The van der Waals surface area contributed by atoms with Crippen LogP contribution in [-0.4, -0.2) is 30.2 Å². The third-order valence-electron chi connectivity index (χ3n) is 1.60. The molecule has 0 amide bonds. The molecule has 0 aliphatic heterocycles. The van der Waals surface area contributed by atoms with Crippen LogP contribution in [0.15, 0.2) is 12.4 Å². The molecule has 0 bridgehead atoms. The zero-order valence-electron chi connectivity index (χ0n) is 7.53. The number of H-pyrrole nitrogens is 1. The summed E-state index contributed by atoms with van der Waals surface area (Å²) in [5.74, 6) is 0.418. The van der Waals surface area contributed by atoms with Crippen molar-refractivity contribution in [3.8, 4) is 0 Å². The maximum Gasteiger partial charge on any atom is 0.211 e. The Hall–Kier alpha value is -0.590. The lowest BCUT2D eigenvalue weighted by Crippen LogP contribution is -2.25. The Bertz CT molecular complexity index is 349. The van der Waals surface area contributed by atoms with Crippen molar-refractivity contribution in [3.05, 3.63) is 18.0 Å². The first-order valence-corrected chi connectivity index (χ1v) is 6.34. The molecule has 14 heavy (non-hydrogen) atoms. The summed E-state index contributed by atoms with van der Waals surface area (Å²) in [5.41, 5.74) is 0.805. The van der Waals surface area contributed by atoms with Gasteiger partial charge in [0, 0.05) is 24.2 Å². The molecule has 2 N–H and O–H groups in total. The molecule has 1 aromatic heterocycles. The number of hydrogen-bond donors (Lipinski definition) is 2. The third kappa shape index (κ3) is 4.08. The van der Waals surface area contributed by atoms with Gasteiger partial charge >= 0.3 is 0 Å². The van der Waals surface area contributed by atoms with Gasteiger partial charge in [0.1, 0.15) is 0 Å². The molecule has 1 rings (SSSR count). The van der Waals surface area contributed by atoms with E-state index in [2.05, 4.69) is 14.9 Å². The maximum atomic E-state index is 11.3. The van der Waals surface area contributed by atoms with E-state index < -0.39 is 10.0 Å². The molecule has 1 aromatic rings. The van der Waals surface area contributed by atoms with Crippen LogP contribution >= 0.6 is 11.6 Å². The Morgan fingerprint density at radius 3 is 2.93 bits per heavy atom. The molecule has 0 spiro atoms. The zero-order valence-corrected chi connectivity index (χ0v) is 9.11. The predicted octanol–water partition coefficient (Wildman–Crippen LogP) is 0.458. The topological polar surface area (TPSA) is 74.8 Å². The molecule has 0 atom stereocenters. The van der Waals surface area contributed by atoms with E-state index in [1.807, 2.05) is 0 Å². The highest BCUT2D eigenvalue weighted by molar-refractivity contribution is 7.89. The number of alkyl halides is 1. The number of sulfonamides is 1. The second-order valence-corrected chi connectivity index (χ2v) is 5.09. The monoisotopic (exact) mass is 237 g/mol. The van der Waals surface area contributed by atoms with Crippen LogP contribution in [0.3, 0.4) is 0 Å². The Labute approximate surface area is 87.9 Å². The minimum Gasteiger partial charge on any atom is -0.285 e. The summed E-state index contributed by atoms with van der Waals surface area (Å²) in [6.45, 7) is 0.265. The number of halogens is 1. The Morgan fingerprint density at radius 2 is 2.36 bits per heavy atom. The van der Waals surface area contributed by atoms with Gasteiger partial charge in [-0.2, -0.15) is 5.10 Å². The Balaban J connectivity index is 2.37. The van der Waals surface area contributed by atoms with Crippen LogP contribution < -0.4 is 4.72 Å². The fourth-order valence-electron chi connectivity index (χ4n) is 0.884. The molecule has 0 unspecified atom stereocenters. The number of hydrogen-bond acceptors (Lipinski definition) is 3. The van der Waals surface area contributed by atoms with Crippen molar-refractivity contribution in [2.45, 2.75) is 13.0 Å². The number of aromatic amines is 1. The average molecular weight is 238 g/mol. The first-order chi connectivity index (χ1) is 6.64. The fourth-order valence-corrected chi connectivity index (χ4v) is 2.23. The molecule has 0 saturated heterocycles. The summed E-state index contributed by atoms with van der Waals surface area (Å²) < 4.78 is 25.0. The van der Waals surface area contributed by atoms with Gasteiger partial charge in [0.25, 0.3) is 0 Å². The summed E-state index contributed by atoms with van der Waals surface area (Å²) in [6.07, 6.45) is 3.68. The van der Waals surface area contributed by atoms with E-state index in [9.17, 15) is 8.42 Å². The minimum absolute atomic E-state index is 0.0638. The number of nitrogens with one attached hydrogen (secondary N) is 2. The number of nitrogens with zero attached hydrogens (tertiary/aromatic N) is 1. The summed E-state index contributed by atoms with van der Waals surface area (Å²) >= 11 is 5.40. The molecule has 0 saturated carbocycles. The smallest absolute Gasteiger partial charge is 0.211 e. The SMILES string of the molecule is O=S(=O)(CCCCl)NCc1cn[nH]c1. The van der Waals surface area contributed by atoms with Gasteiger partial charge in [0.2, 0.25) is 10.0 Å². The van der Waals surface area contributed by atoms with Gasteiger partial charge < -0.3 is 0 Å². The van der Waals surface area contributed by atoms with Gasteiger partial charge in [-0.1, -0.05) is 0 Å². The van der Waals surface area contributed by atoms with Crippen molar-refractivity contribution in [1.29, 1.82) is 0 Å². The molecule has 80 valence electrons. The first-order valence-electron chi connectivity index (χ1n) is 4.15. The van der Waals surface area contributed by atoms with Crippen LogP contribution in [0.5, 0.6) is 0 Å². The molecule has 0 aromatic carbocycles. The first kappa shape index (κ1) is 11.5. The van der Waals surface area contributed by atoms with Crippen molar-refractivity contribution in [2.24, 2.45) is 0 Å². The van der Waals surface area contributed by atoms with Crippen LogP contribution in [0.25, 0.3) is 0 Å². The largest absolute Gasteiger partial charge is 0.285 e. The van der Waals surface area contributed by atoms with Crippen molar-refractivity contribution >= 4 is 21.6 Å². The molecule has 7 heteroatoms. The lowest BCUT2D eigenvalue weighted by molar-refractivity contribution is 0.580. The molecular formula is C7H12ClN3O2S. The van der Waals surface area contributed by atoms with Gasteiger partial charge in [-0.05, 0) is 6.42 Å². The highest BCUT2D eigenvalue weighted by atomic mass is 35.5. The van der Waals surface area contributed by atoms with E-state index in [0.717, 1.165) is 5.56 Å². The van der Waals surface area contributed by atoms with Crippen LogP contribution in [0.4, 0.5) is 0 Å². The number of rotatable bonds is 6. The minimum atomic E-state index is -3.20. The highest BCUT2D eigenvalue weighted by Gasteiger charge is 2.08. The van der Waals surface area contributed by atoms with Crippen molar-refractivity contribution in [1.82, 2.24) is 14.9 Å². The summed E-state index contributed by atoms with van der Waals surface area (Å²) in [4.78, 5) is 0. The Kier molecular flexibility index (Phi) is 4.37. The van der Waals surface area contributed by atoms with Crippen molar-refractivity contribution < 1.29 is 8.42 Å². The van der Waals surface area contributed by atoms with Gasteiger partial charge in [0.15, 0.2) is 0 Å².